The van der Waals surface area contributed by atoms with Crippen molar-refractivity contribution in [3.05, 3.63) is 22.7 Å². The molecule has 3 rings (SSSR count). The van der Waals surface area contributed by atoms with Crippen LogP contribution in [-0.4, -0.2) is 33.2 Å². The molecule has 6 nitrogen and oxygen atoms in total. The molecule has 0 unspecified atom stereocenters. The number of hydrogen-bond acceptors (Lipinski definition) is 4. The molecule has 2 saturated carbocycles. The Morgan fingerprint density at radius 1 is 1.35 bits per heavy atom. The molecule has 0 saturated heterocycles. The topological polar surface area (TPSA) is 75.4 Å². The molecule has 0 aliphatic heterocycles. The lowest BCUT2D eigenvalue weighted by Gasteiger charge is -2.28. The summed E-state index contributed by atoms with van der Waals surface area (Å²) >= 11 is 0. The molecule has 0 radical (unpaired) electrons. The van der Waals surface area contributed by atoms with Crippen molar-refractivity contribution in [2.75, 3.05) is 11.4 Å². The lowest BCUT2D eigenvalue weighted by Crippen LogP contribution is -2.42. The predicted molar refractivity (Wildman–Crippen MR) is 74.0 cm³/mol. The largest absolute Gasteiger partial charge is 0.480 e. The Hall–Kier alpha value is -1.85. The van der Waals surface area contributed by atoms with Crippen LogP contribution in [0.4, 0.5) is 5.82 Å². The van der Waals surface area contributed by atoms with E-state index in [0.717, 1.165) is 38.5 Å². The van der Waals surface area contributed by atoms with Gasteiger partial charge < -0.3 is 14.6 Å². The van der Waals surface area contributed by atoms with Crippen LogP contribution in [-0.2, 0) is 4.79 Å². The third kappa shape index (κ3) is 2.55. The van der Waals surface area contributed by atoms with Gasteiger partial charge in [-0.3, -0.25) is 9.59 Å². The molecule has 1 aromatic heterocycles. The average molecular weight is 277 g/mol. The summed E-state index contributed by atoms with van der Waals surface area (Å²) in [5.74, 6) is -0.617. The number of hydrogen-bond donors (Lipinski definition) is 1. The Kier molecular flexibility index (Phi) is 3.46. The maximum Gasteiger partial charge on any atom is 0.323 e. The van der Waals surface area contributed by atoms with Gasteiger partial charge in [0, 0.05) is 24.5 Å². The molecule has 2 fully saturated rings. The minimum Gasteiger partial charge on any atom is -0.480 e. The summed E-state index contributed by atoms with van der Waals surface area (Å²) in [5.41, 5.74) is -0.150. The number of aliphatic carboxylic acids is 1. The van der Waals surface area contributed by atoms with Crippen molar-refractivity contribution in [3.8, 4) is 0 Å². The van der Waals surface area contributed by atoms with Gasteiger partial charge in [0.25, 0.3) is 5.56 Å². The van der Waals surface area contributed by atoms with E-state index in [2.05, 4.69) is 4.98 Å². The van der Waals surface area contributed by atoms with Crippen molar-refractivity contribution < 1.29 is 9.90 Å². The first-order chi connectivity index (χ1) is 9.66. The van der Waals surface area contributed by atoms with Crippen molar-refractivity contribution in [3.63, 3.8) is 0 Å². The van der Waals surface area contributed by atoms with Crippen LogP contribution in [0.5, 0.6) is 0 Å². The van der Waals surface area contributed by atoms with Crippen LogP contribution in [0.1, 0.15) is 44.6 Å². The molecule has 1 N–H and O–H groups in total. The fourth-order valence-corrected chi connectivity index (χ4v) is 2.99. The second-order valence-corrected chi connectivity index (χ2v) is 5.65. The number of carboxylic acids is 1. The molecule has 0 spiro atoms. The Labute approximate surface area is 117 Å². The van der Waals surface area contributed by atoms with Crippen molar-refractivity contribution >= 4 is 11.8 Å². The van der Waals surface area contributed by atoms with Crippen LogP contribution in [0.3, 0.4) is 0 Å². The van der Waals surface area contributed by atoms with E-state index < -0.39 is 5.97 Å². The second-order valence-electron chi connectivity index (χ2n) is 5.65. The summed E-state index contributed by atoms with van der Waals surface area (Å²) in [4.78, 5) is 29.5. The van der Waals surface area contributed by atoms with Gasteiger partial charge in [-0.15, -0.1) is 0 Å². The van der Waals surface area contributed by atoms with E-state index in [1.165, 1.54) is 0 Å². The first kappa shape index (κ1) is 13.1. The van der Waals surface area contributed by atoms with Gasteiger partial charge in [0.2, 0.25) is 0 Å². The minimum absolute atomic E-state index is 0.126. The Balaban J connectivity index is 1.95. The highest BCUT2D eigenvalue weighted by molar-refractivity contribution is 5.73. The van der Waals surface area contributed by atoms with Gasteiger partial charge in [-0.1, -0.05) is 12.8 Å². The first-order valence-corrected chi connectivity index (χ1v) is 7.22. The van der Waals surface area contributed by atoms with Crippen LogP contribution in [0.15, 0.2) is 17.2 Å². The molecule has 0 atom stereocenters. The van der Waals surface area contributed by atoms with E-state index in [9.17, 15) is 9.59 Å². The van der Waals surface area contributed by atoms with E-state index in [1.807, 2.05) is 0 Å². The monoisotopic (exact) mass is 277 g/mol. The zero-order chi connectivity index (χ0) is 14.1. The summed E-state index contributed by atoms with van der Waals surface area (Å²) < 4.78 is 1.70. The molecule has 20 heavy (non-hydrogen) atoms. The number of anilines is 1. The van der Waals surface area contributed by atoms with Gasteiger partial charge in [0.05, 0.1) is 0 Å². The van der Waals surface area contributed by atoms with E-state index in [1.54, 1.807) is 21.9 Å². The Morgan fingerprint density at radius 2 is 2.05 bits per heavy atom. The average Bonchev–Trinajstić information content (AvgIpc) is 3.11. The van der Waals surface area contributed by atoms with E-state index in [4.69, 9.17) is 5.11 Å². The van der Waals surface area contributed by atoms with Crippen LogP contribution in [0, 0.1) is 0 Å². The number of carbonyl (C=O) groups is 1. The van der Waals surface area contributed by atoms with Gasteiger partial charge >= 0.3 is 5.97 Å². The molecule has 108 valence electrons. The highest BCUT2D eigenvalue weighted by Gasteiger charge is 2.30. The van der Waals surface area contributed by atoms with Crippen LogP contribution >= 0.6 is 0 Å². The number of aromatic nitrogens is 2. The molecular weight excluding hydrogens is 258 g/mol. The fourth-order valence-electron chi connectivity index (χ4n) is 2.99. The molecule has 2 aliphatic rings. The third-order valence-electron chi connectivity index (χ3n) is 4.13. The van der Waals surface area contributed by atoms with Gasteiger partial charge in [-0.2, -0.15) is 0 Å². The molecule has 1 heterocycles. The smallest absolute Gasteiger partial charge is 0.323 e. The SMILES string of the molecule is O=C(O)CN(c1nccn(C2CC2)c1=O)C1CCCC1. The highest BCUT2D eigenvalue weighted by atomic mass is 16.4. The van der Waals surface area contributed by atoms with E-state index >= 15 is 0 Å². The molecule has 6 heteroatoms. The minimum atomic E-state index is -0.917. The van der Waals surface area contributed by atoms with Crippen LogP contribution < -0.4 is 10.5 Å². The number of nitrogens with zero attached hydrogens (tertiary/aromatic N) is 3. The van der Waals surface area contributed by atoms with E-state index in [-0.39, 0.29) is 24.2 Å². The van der Waals surface area contributed by atoms with Gasteiger partial charge in [-0.05, 0) is 25.7 Å². The summed E-state index contributed by atoms with van der Waals surface area (Å²) in [5, 5.41) is 9.11. The number of rotatable bonds is 5. The fraction of sp³-hybridized carbons (Fsp3) is 0.643. The van der Waals surface area contributed by atoms with Crippen LogP contribution in [0.2, 0.25) is 0 Å². The lowest BCUT2D eigenvalue weighted by molar-refractivity contribution is -0.135. The Bertz CT molecular complexity index is 559. The second kappa shape index (κ2) is 5.26. The predicted octanol–water partition coefficient (Wildman–Crippen LogP) is 1.41. The van der Waals surface area contributed by atoms with Crippen molar-refractivity contribution in [2.24, 2.45) is 0 Å². The molecule has 2 aliphatic carbocycles. The first-order valence-electron chi connectivity index (χ1n) is 7.22. The maximum absolute atomic E-state index is 12.5. The van der Waals surface area contributed by atoms with Crippen molar-refractivity contribution in [1.29, 1.82) is 0 Å². The standard InChI is InChI=1S/C14H19N3O3/c18-12(19)9-17(10-3-1-2-4-10)13-14(20)16(8-7-15-13)11-5-6-11/h7-8,10-11H,1-6,9H2,(H,18,19). The number of carboxylic acid groups (broad SMARTS) is 1. The molecule has 0 bridgehead atoms. The van der Waals surface area contributed by atoms with Gasteiger partial charge in [0.15, 0.2) is 5.82 Å². The zero-order valence-corrected chi connectivity index (χ0v) is 11.4. The summed E-state index contributed by atoms with van der Waals surface area (Å²) in [6.45, 7) is -0.151. The molecule has 1 aromatic rings. The maximum atomic E-state index is 12.5. The van der Waals surface area contributed by atoms with Crippen molar-refractivity contribution in [2.45, 2.75) is 50.6 Å². The summed E-state index contributed by atoms with van der Waals surface area (Å²) in [6, 6.07) is 0.404. The Morgan fingerprint density at radius 3 is 2.65 bits per heavy atom. The molecular formula is C14H19N3O3. The highest BCUT2D eigenvalue weighted by Crippen LogP contribution is 2.33. The normalized spacial score (nSPS) is 19.2. The third-order valence-corrected chi connectivity index (χ3v) is 4.13. The summed E-state index contributed by atoms with van der Waals surface area (Å²) in [7, 11) is 0. The van der Waals surface area contributed by atoms with Gasteiger partial charge in [0.1, 0.15) is 6.54 Å². The van der Waals surface area contributed by atoms with Crippen LogP contribution in [0.25, 0.3) is 0 Å². The van der Waals surface area contributed by atoms with Gasteiger partial charge in [-0.25, -0.2) is 4.98 Å². The van der Waals surface area contributed by atoms with Crippen molar-refractivity contribution in [1.82, 2.24) is 9.55 Å². The summed E-state index contributed by atoms with van der Waals surface area (Å²) in [6.07, 6.45) is 9.40. The molecule has 0 amide bonds. The zero-order valence-electron chi connectivity index (χ0n) is 11.4. The molecule has 0 aromatic carbocycles. The van der Waals surface area contributed by atoms with E-state index in [0.29, 0.717) is 5.82 Å². The quantitative estimate of drug-likeness (QED) is 0.880. The lowest BCUT2D eigenvalue weighted by atomic mass is 10.2.